The lowest BCUT2D eigenvalue weighted by Crippen LogP contribution is -2.53. The van der Waals surface area contributed by atoms with Gasteiger partial charge in [-0.05, 0) is 12.8 Å². The van der Waals surface area contributed by atoms with E-state index in [0.717, 1.165) is 0 Å². The van der Waals surface area contributed by atoms with E-state index in [1.165, 1.54) is 16.9 Å². The highest BCUT2D eigenvalue weighted by molar-refractivity contribution is 7.09. The molecule has 0 aromatic rings. The van der Waals surface area contributed by atoms with E-state index in [9.17, 15) is 14.4 Å². The summed E-state index contributed by atoms with van der Waals surface area (Å²) >= 11 is 0. The monoisotopic (exact) mass is 274 g/mol. The number of urea groups is 1. The molecule has 2 aliphatic rings. The number of piperidine rings is 1. The third kappa shape index (κ3) is 2.26. The summed E-state index contributed by atoms with van der Waals surface area (Å²) in [7, 11) is 2.03. The van der Waals surface area contributed by atoms with Crippen molar-refractivity contribution in [2.24, 2.45) is 0 Å². The Bertz CT molecular complexity index is 391. The van der Waals surface area contributed by atoms with Crippen molar-refractivity contribution < 1.29 is 19.0 Å². The summed E-state index contributed by atoms with van der Waals surface area (Å²) in [4.78, 5) is 35.9. The first kappa shape index (κ1) is 13.0. The number of carbonyl (C=O) groups excluding carboxylic acids is 3. The van der Waals surface area contributed by atoms with Gasteiger partial charge in [-0.1, -0.05) is 0 Å². The molecule has 0 aromatic carbocycles. The molecule has 0 aromatic heterocycles. The second-order valence-electron chi connectivity index (χ2n) is 4.28. The number of hydrogen-bond acceptors (Lipinski definition) is 4. The summed E-state index contributed by atoms with van der Waals surface area (Å²) in [5, 5.41) is 1.26. The number of nitrogens with one attached hydrogen (secondary N) is 2. The fourth-order valence-electron chi connectivity index (χ4n) is 2.27. The first-order valence-electron chi connectivity index (χ1n) is 5.57. The molecule has 18 heavy (non-hydrogen) atoms. The molecule has 1 unspecified atom stereocenters. The molecule has 2 saturated heterocycles. The maximum absolute atomic E-state index is 11.9. The van der Waals surface area contributed by atoms with Crippen LogP contribution in [-0.4, -0.2) is 46.4 Å². The summed E-state index contributed by atoms with van der Waals surface area (Å²) in [5.74, 6) is -0.748. The van der Waals surface area contributed by atoms with E-state index >= 15 is 0 Å². The maximum atomic E-state index is 11.9. The van der Waals surface area contributed by atoms with Crippen molar-refractivity contribution in [1.82, 2.24) is 20.8 Å². The highest BCUT2D eigenvalue weighted by atomic mass is 31.0. The van der Waals surface area contributed by atoms with E-state index in [0.29, 0.717) is 19.4 Å². The Labute approximate surface area is 106 Å². The summed E-state index contributed by atoms with van der Waals surface area (Å²) < 4.78 is 4.92. The quantitative estimate of drug-likeness (QED) is 0.506. The van der Waals surface area contributed by atoms with Gasteiger partial charge >= 0.3 is 6.03 Å². The van der Waals surface area contributed by atoms with Gasteiger partial charge < -0.3 is 4.90 Å². The van der Waals surface area contributed by atoms with Crippen LogP contribution in [0, 0.1) is 0 Å². The third-order valence-electron chi connectivity index (χ3n) is 3.10. The summed E-state index contributed by atoms with van der Waals surface area (Å²) in [5.41, 5.74) is 4.51. The zero-order chi connectivity index (χ0) is 13.3. The molecule has 0 spiro atoms. The van der Waals surface area contributed by atoms with Crippen molar-refractivity contribution in [1.29, 1.82) is 0 Å². The number of hydrazine groups is 1. The first-order valence-corrected chi connectivity index (χ1v) is 6.05. The van der Waals surface area contributed by atoms with Gasteiger partial charge in [-0.15, -0.1) is 0 Å². The molecule has 2 aliphatic heterocycles. The molecule has 100 valence electrons. The van der Waals surface area contributed by atoms with Crippen LogP contribution in [0.1, 0.15) is 19.8 Å². The number of hydroxylamine groups is 2. The number of rotatable bonds is 2. The van der Waals surface area contributed by atoms with E-state index < -0.39 is 6.04 Å². The molecular weight excluding hydrogens is 259 g/mol. The van der Waals surface area contributed by atoms with Crippen LogP contribution in [0.5, 0.6) is 0 Å². The Balaban J connectivity index is 2.01. The van der Waals surface area contributed by atoms with Gasteiger partial charge in [-0.2, -0.15) is 5.06 Å². The lowest BCUT2D eigenvalue weighted by molar-refractivity contribution is -0.131. The van der Waals surface area contributed by atoms with Gasteiger partial charge in [0, 0.05) is 22.9 Å². The molecule has 3 atom stereocenters. The largest absolute Gasteiger partial charge is 0.345 e. The van der Waals surface area contributed by atoms with Crippen LogP contribution in [0.15, 0.2) is 0 Å². The van der Waals surface area contributed by atoms with Gasteiger partial charge in [0.1, 0.15) is 6.04 Å². The molecule has 9 heteroatoms. The number of fused-ring (bicyclic) bond motifs is 2. The van der Waals surface area contributed by atoms with E-state index in [-0.39, 0.29) is 23.9 Å². The maximum Gasteiger partial charge on any atom is 0.345 e. The Kier molecular flexibility index (Phi) is 3.68. The Morgan fingerprint density at radius 3 is 2.72 bits per heavy atom. The minimum Gasteiger partial charge on any atom is -0.309 e. The van der Waals surface area contributed by atoms with Crippen LogP contribution in [0.2, 0.25) is 0 Å². The van der Waals surface area contributed by atoms with Crippen LogP contribution < -0.4 is 10.9 Å². The van der Waals surface area contributed by atoms with E-state index in [1.807, 2.05) is 9.47 Å². The summed E-state index contributed by atoms with van der Waals surface area (Å²) in [6.07, 6.45) is 1.24. The van der Waals surface area contributed by atoms with Crippen molar-refractivity contribution in [3.63, 3.8) is 0 Å². The van der Waals surface area contributed by atoms with Gasteiger partial charge in [0.25, 0.3) is 5.91 Å². The predicted octanol–water partition coefficient (Wildman–Crippen LogP) is -0.856. The first-order chi connectivity index (χ1) is 8.54. The third-order valence-corrected chi connectivity index (χ3v) is 3.33. The average molecular weight is 274 g/mol. The minimum absolute atomic E-state index is 0.0141. The normalized spacial score (nSPS) is 26.2. The molecule has 4 amide bonds. The minimum atomic E-state index is -0.564. The lowest BCUT2D eigenvalue weighted by Gasteiger charge is -2.29. The van der Waals surface area contributed by atoms with Crippen LogP contribution in [0.25, 0.3) is 0 Å². The number of hydrogen-bond donors (Lipinski definition) is 2. The zero-order valence-electron chi connectivity index (χ0n) is 9.88. The van der Waals surface area contributed by atoms with Crippen LogP contribution >= 0.6 is 9.47 Å². The van der Waals surface area contributed by atoms with Gasteiger partial charge in [0.15, 0.2) is 0 Å². The number of amides is 4. The topological polar surface area (TPSA) is 91.0 Å². The van der Waals surface area contributed by atoms with E-state index in [2.05, 4.69) is 10.9 Å². The summed E-state index contributed by atoms with van der Waals surface area (Å²) in [6, 6.07) is -0.902. The molecule has 0 aliphatic carbocycles. The zero-order valence-corrected chi connectivity index (χ0v) is 11.0. The van der Waals surface area contributed by atoms with Crippen molar-refractivity contribution >= 4 is 27.3 Å². The molecule has 0 saturated carbocycles. The van der Waals surface area contributed by atoms with Crippen LogP contribution in [0.3, 0.4) is 0 Å². The fraction of sp³-hybridized carbons (Fsp3) is 0.667. The standard InChI is InChI=1S/C9H15N4O4P/c1-5(14)10-11-8(15)7-3-2-6-4-12(7)9(16)13(6)17-18/h6-7H,2-4,18H2,1H3,(H,10,14)(H,11,15)/t6-,7-/m0/s1. The van der Waals surface area contributed by atoms with Crippen LogP contribution in [0.4, 0.5) is 4.79 Å². The van der Waals surface area contributed by atoms with Gasteiger partial charge in [-0.3, -0.25) is 25.1 Å². The fourth-order valence-corrected chi connectivity index (χ4v) is 2.54. The van der Waals surface area contributed by atoms with Gasteiger partial charge in [0.05, 0.1) is 6.04 Å². The smallest absolute Gasteiger partial charge is 0.309 e. The number of carbonyl (C=O) groups is 3. The number of nitrogens with zero attached hydrogens (tertiary/aromatic N) is 2. The lowest BCUT2D eigenvalue weighted by atomic mass is 10.0. The van der Waals surface area contributed by atoms with E-state index in [4.69, 9.17) is 4.62 Å². The Hall–Kier alpha value is -1.40. The second kappa shape index (κ2) is 5.07. The average Bonchev–Trinajstić information content (AvgIpc) is 2.59. The molecule has 2 rings (SSSR count). The van der Waals surface area contributed by atoms with Crippen molar-refractivity contribution in [3.8, 4) is 0 Å². The van der Waals surface area contributed by atoms with Crippen molar-refractivity contribution in [2.75, 3.05) is 6.54 Å². The molecule has 8 nitrogen and oxygen atoms in total. The second-order valence-corrected chi connectivity index (χ2v) is 4.49. The van der Waals surface area contributed by atoms with E-state index in [1.54, 1.807) is 0 Å². The van der Waals surface area contributed by atoms with Crippen molar-refractivity contribution in [2.45, 2.75) is 31.8 Å². The molecular formula is C9H15N4O4P. The Morgan fingerprint density at radius 1 is 1.39 bits per heavy atom. The predicted molar refractivity (Wildman–Crippen MR) is 63.5 cm³/mol. The van der Waals surface area contributed by atoms with Gasteiger partial charge in [-0.25, -0.2) is 4.79 Å². The van der Waals surface area contributed by atoms with Gasteiger partial charge in [0.2, 0.25) is 5.91 Å². The highest BCUT2D eigenvalue weighted by Crippen LogP contribution is 2.30. The SMILES string of the molecule is CC(=O)NNC(=O)[C@@H]1CC[C@H]2CN1C(=O)N2OP. The molecule has 2 N–H and O–H groups in total. The Morgan fingerprint density at radius 2 is 2.11 bits per heavy atom. The summed E-state index contributed by atoms with van der Waals surface area (Å²) in [6.45, 7) is 1.76. The molecule has 2 bridgehead atoms. The van der Waals surface area contributed by atoms with Crippen molar-refractivity contribution in [3.05, 3.63) is 0 Å². The highest BCUT2D eigenvalue weighted by Gasteiger charge is 2.47. The molecule has 0 radical (unpaired) electrons. The van der Waals surface area contributed by atoms with Crippen LogP contribution in [-0.2, 0) is 14.2 Å². The molecule has 2 heterocycles. The molecule has 2 fully saturated rings.